The SMILES string of the molecule is CCOC(C)(CC)C(O)c1c(Cl)cnn1C(C)C. The minimum atomic E-state index is -0.792. The van der Waals surface area contributed by atoms with Crippen molar-refractivity contribution in [2.24, 2.45) is 0 Å². The Morgan fingerprint density at radius 2 is 2.11 bits per heavy atom. The van der Waals surface area contributed by atoms with Gasteiger partial charge in [0.2, 0.25) is 0 Å². The zero-order chi connectivity index (χ0) is 13.9. The lowest BCUT2D eigenvalue weighted by atomic mass is 9.93. The number of halogens is 1. The summed E-state index contributed by atoms with van der Waals surface area (Å²) in [4.78, 5) is 0. The molecule has 0 radical (unpaired) electrons. The zero-order valence-corrected chi connectivity index (χ0v) is 12.5. The van der Waals surface area contributed by atoms with E-state index in [0.29, 0.717) is 23.7 Å². The highest BCUT2D eigenvalue weighted by molar-refractivity contribution is 6.31. The third kappa shape index (κ3) is 2.87. The lowest BCUT2D eigenvalue weighted by Crippen LogP contribution is -2.37. The Labute approximate surface area is 114 Å². The molecule has 2 atom stereocenters. The van der Waals surface area contributed by atoms with Crippen LogP contribution in [0, 0.1) is 0 Å². The van der Waals surface area contributed by atoms with E-state index in [1.807, 2.05) is 34.6 Å². The predicted molar refractivity (Wildman–Crippen MR) is 72.9 cm³/mol. The third-order valence-electron chi connectivity index (χ3n) is 3.29. The molecule has 0 saturated heterocycles. The topological polar surface area (TPSA) is 47.3 Å². The summed E-state index contributed by atoms with van der Waals surface area (Å²) in [5.74, 6) is 0. The lowest BCUT2D eigenvalue weighted by Gasteiger charge is -2.34. The van der Waals surface area contributed by atoms with Crippen LogP contribution >= 0.6 is 11.6 Å². The van der Waals surface area contributed by atoms with Crippen LogP contribution in [-0.4, -0.2) is 27.1 Å². The summed E-state index contributed by atoms with van der Waals surface area (Å²) in [6.45, 7) is 10.4. The van der Waals surface area contributed by atoms with Crippen LogP contribution in [0.1, 0.15) is 58.9 Å². The van der Waals surface area contributed by atoms with Crippen LogP contribution in [0.25, 0.3) is 0 Å². The van der Waals surface area contributed by atoms with Crippen molar-refractivity contribution in [2.45, 2.75) is 58.8 Å². The fourth-order valence-electron chi connectivity index (χ4n) is 2.01. The van der Waals surface area contributed by atoms with Crippen LogP contribution in [0.4, 0.5) is 0 Å². The second-order valence-electron chi connectivity index (χ2n) is 4.92. The first kappa shape index (κ1) is 15.5. The highest BCUT2D eigenvalue weighted by atomic mass is 35.5. The standard InChI is InChI=1S/C13H23ClN2O2/c1-6-13(5,18-7-2)12(17)11-10(14)8-15-16(11)9(3)4/h8-9,12,17H,6-7H2,1-5H3. The Balaban J connectivity index is 3.16. The number of hydrogen-bond acceptors (Lipinski definition) is 3. The Morgan fingerprint density at radius 3 is 2.56 bits per heavy atom. The van der Waals surface area contributed by atoms with Gasteiger partial charge in [0.1, 0.15) is 6.10 Å². The van der Waals surface area contributed by atoms with Crippen LogP contribution in [0.2, 0.25) is 5.02 Å². The van der Waals surface area contributed by atoms with Gasteiger partial charge >= 0.3 is 0 Å². The van der Waals surface area contributed by atoms with Gasteiger partial charge in [-0.2, -0.15) is 5.10 Å². The molecule has 1 heterocycles. The summed E-state index contributed by atoms with van der Waals surface area (Å²) in [6.07, 6.45) is 1.48. The van der Waals surface area contributed by atoms with Crippen LogP contribution in [-0.2, 0) is 4.74 Å². The van der Waals surface area contributed by atoms with Crippen molar-refractivity contribution in [1.29, 1.82) is 0 Å². The van der Waals surface area contributed by atoms with Gasteiger partial charge in [0, 0.05) is 12.6 Å². The van der Waals surface area contributed by atoms with Gasteiger partial charge in [-0.25, -0.2) is 0 Å². The quantitative estimate of drug-likeness (QED) is 0.865. The van der Waals surface area contributed by atoms with Crippen molar-refractivity contribution in [3.8, 4) is 0 Å². The molecule has 5 heteroatoms. The van der Waals surface area contributed by atoms with E-state index in [-0.39, 0.29) is 6.04 Å². The van der Waals surface area contributed by atoms with Gasteiger partial charge in [0.05, 0.1) is 22.5 Å². The van der Waals surface area contributed by atoms with Gasteiger partial charge in [-0.15, -0.1) is 0 Å². The summed E-state index contributed by atoms with van der Waals surface area (Å²) in [6, 6.07) is 0.143. The molecule has 1 aromatic rings. The molecule has 104 valence electrons. The maximum Gasteiger partial charge on any atom is 0.126 e. The second kappa shape index (κ2) is 6.04. The Bertz CT molecular complexity index is 392. The number of rotatable bonds is 6. The molecule has 1 N–H and O–H groups in total. The molecule has 1 aromatic heterocycles. The molecule has 0 fully saturated rings. The van der Waals surface area contributed by atoms with E-state index in [0.717, 1.165) is 0 Å². The van der Waals surface area contributed by atoms with Gasteiger partial charge in [-0.3, -0.25) is 4.68 Å². The van der Waals surface area contributed by atoms with Gasteiger partial charge in [0.25, 0.3) is 0 Å². The van der Waals surface area contributed by atoms with Crippen LogP contribution in [0.3, 0.4) is 0 Å². The number of hydrogen-bond donors (Lipinski definition) is 1. The molecule has 0 bridgehead atoms. The highest BCUT2D eigenvalue weighted by Gasteiger charge is 2.37. The third-order valence-corrected chi connectivity index (χ3v) is 3.58. The van der Waals surface area contributed by atoms with Crippen LogP contribution in [0.15, 0.2) is 6.20 Å². The van der Waals surface area contributed by atoms with E-state index in [1.54, 1.807) is 10.9 Å². The summed E-state index contributed by atoms with van der Waals surface area (Å²) in [7, 11) is 0. The highest BCUT2D eigenvalue weighted by Crippen LogP contribution is 2.36. The van der Waals surface area contributed by atoms with Gasteiger partial charge in [-0.1, -0.05) is 18.5 Å². The maximum absolute atomic E-state index is 10.6. The van der Waals surface area contributed by atoms with Crippen LogP contribution < -0.4 is 0 Å². The number of aliphatic hydroxyl groups excluding tert-OH is 1. The number of aliphatic hydroxyl groups is 1. The number of ether oxygens (including phenoxy) is 1. The monoisotopic (exact) mass is 274 g/mol. The van der Waals surface area contributed by atoms with E-state index >= 15 is 0 Å². The fraction of sp³-hybridized carbons (Fsp3) is 0.769. The molecule has 0 saturated carbocycles. The number of nitrogens with zero attached hydrogens (tertiary/aromatic N) is 2. The lowest BCUT2D eigenvalue weighted by molar-refractivity contribution is -0.116. The Morgan fingerprint density at radius 1 is 1.50 bits per heavy atom. The van der Waals surface area contributed by atoms with E-state index in [2.05, 4.69) is 5.10 Å². The first-order valence-corrected chi connectivity index (χ1v) is 6.80. The molecular weight excluding hydrogens is 252 g/mol. The summed E-state index contributed by atoms with van der Waals surface area (Å²) in [5.41, 5.74) is -0.0186. The first-order valence-electron chi connectivity index (χ1n) is 6.42. The van der Waals surface area contributed by atoms with Crippen molar-refractivity contribution >= 4 is 11.6 Å². The molecule has 0 spiro atoms. The van der Waals surface area contributed by atoms with Crippen molar-refractivity contribution in [3.63, 3.8) is 0 Å². The molecule has 2 unspecified atom stereocenters. The molecule has 0 aliphatic rings. The van der Waals surface area contributed by atoms with E-state index in [4.69, 9.17) is 16.3 Å². The van der Waals surface area contributed by atoms with E-state index in [9.17, 15) is 5.11 Å². The molecule has 1 rings (SSSR count). The van der Waals surface area contributed by atoms with Gasteiger partial charge in [-0.05, 0) is 34.1 Å². The fourth-order valence-corrected chi connectivity index (χ4v) is 2.24. The van der Waals surface area contributed by atoms with Crippen molar-refractivity contribution in [1.82, 2.24) is 9.78 Å². The molecular formula is C13H23ClN2O2. The van der Waals surface area contributed by atoms with Gasteiger partial charge < -0.3 is 9.84 Å². The Hall–Kier alpha value is -0.580. The summed E-state index contributed by atoms with van der Waals surface area (Å²) in [5, 5.41) is 15.3. The minimum absolute atomic E-state index is 0.143. The average molecular weight is 275 g/mol. The molecule has 18 heavy (non-hydrogen) atoms. The molecule has 0 amide bonds. The molecule has 0 aliphatic carbocycles. The normalized spacial score (nSPS) is 16.9. The van der Waals surface area contributed by atoms with E-state index in [1.165, 1.54) is 0 Å². The molecule has 0 aliphatic heterocycles. The first-order chi connectivity index (χ1) is 8.37. The smallest absolute Gasteiger partial charge is 0.126 e. The second-order valence-corrected chi connectivity index (χ2v) is 5.33. The van der Waals surface area contributed by atoms with Crippen molar-refractivity contribution < 1.29 is 9.84 Å². The molecule has 0 aromatic carbocycles. The average Bonchev–Trinajstić information content (AvgIpc) is 2.70. The van der Waals surface area contributed by atoms with Crippen molar-refractivity contribution in [2.75, 3.05) is 6.61 Å². The predicted octanol–water partition coefficient (Wildman–Crippen LogP) is 3.36. The maximum atomic E-state index is 10.6. The van der Waals surface area contributed by atoms with E-state index < -0.39 is 11.7 Å². The Kier molecular flexibility index (Phi) is 5.20. The van der Waals surface area contributed by atoms with Crippen LogP contribution in [0.5, 0.6) is 0 Å². The molecule has 4 nitrogen and oxygen atoms in total. The van der Waals surface area contributed by atoms with Gasteiger partial charge in [0.15, 0.2) is 0 Å². The number of aromatic nitrogens is 2. The summed E-state index contributed by atoms with van der Waals surface area (Å²) >= 11 is 6.15. The van der Waals surface area contributed by atoms with Crippen molar-refractivity contribution in [3.05, 3.63) is 16.9 Å². The zero-order valence-electron chi connectivity index (χ0n) is 11.8. The largest absolute Gasteiger partial charge is 0.384 e. The minimum Gasteiger partial charge on any atom is -0.384 e. The summed E-state index contributed by atoms with van der Waals surface area (Å²) < 4.78 is 7.45.